The van der Waals surface area contributed by atoms with E-state index in [0.717, 1.165) is 37.6 Å². The molecule has 3 nitrogen and oxygen atoms in total. The van der Waals surface area contributed by atoms with Crippen LogP contribution in [0.2, 0.25) is 0 Å². The second kappa shape index (κ2) is 7.48. The van der Waals surface area contributed by atoms with E-state index >= 15 is 0 Å². The highest BCUT2D eigenvalue weighted by atomic mass is 32.1. The summed E-state index contributed by atoms with van der Waals surface area (Å²) in [5, 5.41) is 5.40. The summed E-state index contributed by atoms with van der Waals surface area (Å²) in [4.78, 5) is 1.36. The van der Waals surface area contributed by atoms with Gasteiger partial charge in [-0.3, -0.25) is 0 Å². The van der Waals surface area contributed by atoms with Crippen LogP contribution in [0, 0.1) is 6.92 Å². The lowest BCUT2D eigenvalue weighted by Gasteiger charge is -2.00. The fourth-order valence-corrected chi connectivity index (χ4v) is 2.58. The molecule has 0 radical (unpaired) electrons. The van der Waals surface area contributed by atoms with Crippen molar-refractivity contribution in [3.8, 4) is 0 Å². The van der Waals surface area contributed by atoms with Crippen molar-refractivity contribution in [3.63, 3.8) is 0 Å². The number of aryl methyl sites for hydroxylation is 1. The Morgan fingerprint density at radius 2 is 2.32 bits per heavy atom. The quantitative estimate of drug-likeness (QED) is 0.751. The van der Waals surface area contributed by atoms with Crippen molar-refractivity contribution in [2.75, 3.05) is 13.2 Å². The number of ether oxygens (including phenoxy) is 1. The molecule has 0 aliphatic rings. The zero-order chi connectivity index (χ0) is 13.5. The molecule has 0 atom stereocenters. The van der Waals surface area contributed by atoms with Crippen LogP contribution in [-0.4, -0.2) is 13.2 Å². The Balaban J connectivity index is 1.73. The second-order valence-electron chi connectivity index (χ2n) is 4.46. The summed E-state index contributed by atoms with van der Waals surface area (Å²) in [6, 6.07) is 6.30. The molecule has 0 fully saturated rings. The van der Waals surface area contributed by atoms with Gasteiger partial charge in [0.2, 0.25) is 0 Å². The lowest BCUT2D eigenvalue weighted by Crippen LogP contribution is -2.11. The molecule has 104 valence electrons. The molecular formula is C15H21NO2S. The molecule has 2 rings (SSSR count). The van der Waals surface area contributed by atoms with Gasteiger partial charge in [0.05, 0.1) is 6.61 Å². The molecule has 0 bridgehead atoms. The van der Waals surface area contributed by atoms with E-state index < -0.39 is 0 Å². The molecule has 2 aromatic heterocycles. The van der Waals surface area contributed by atoms with Crippen LogP contribution in [-0.2, 0) is 24.3 Å². The number of hydrogen-bond donors (Lipinski definition) is 1. The van der Waals surface area contributed by atoms with Gasteiger partial charge in [-0.2, -0.15) is 0 Å². The third kappa shape index (κ3) is 4.49. The molecule has 1 N–H and O–H groups in total. The Hall–Kier alpha value is -1.10. The van der Waals surface area contributed by atoms with E-state index in [1.165, 1.54) is 10.4 Å². The van der Waals surface area contributed by atoms with Crippen LogP contribution >= 0.6 is 11.3 Å². The van der Waals surface area contributed by atoms with Crippen molar-refractivity contribution in [2.24, 2.45) is 0 Å². The first-order chi connectivity index (χ1) is 9.29. The standard InChI is InChI=1S/C15H21NO2S/c1-3-16-10-13-9-14(18-12(13)2)11-17-7-6-15-5-4-8-19-15/h4-5,8-9,16H,3,6-7,10-11H2,1-2H3. The lowest BCUT2D eigenvalue weighted by molar-refractivity contribution is 0.108. The van der Waals surface area contributed by atoms with E-state index in [0.29, 0.717) is 6.61 Å². The maximum atomic E-state index is 5.69. The summed E-state index contributed by atoms with van der Waals surface area (Å²) >= 11 is 1.77. The summed E-state index contributed by atoms with van der Waals surface area (Å²) in [6.45, 7) is 7.23. The predicted molar refractivity (Wildman–Crippen MR) is 78.5 cm³/mol. The first-order valence-electron chi connectivity index (χ1n) is 6.68. The average Bonchev–Trinajstić information content (AvgIpc) is 3.02. The summed E-state index contributed by atoms with van der Waals surface area (Å²) in [5.41, 5.74) is 1.22. The zero-order valence-electron chi connectivity index (χ0n) is 11.6. The van der Waals surface area contributed by atoms with E-state index in [2.05, 4.69) is 35.8 Å². The monoisotopic (exact) mass is 279 g/mol. The van der Waals surface area contributed by atoms with Gasteiger partial charge in [-0.15, -0.1) is 11.3 Å². The third-order valence-corrected chi connectivity index (χ3v) is 3.89. The third-order valence-electron chi connectivity index (χ3n) is 2.95. The van der Waals surface area contributed by atoms with Gasteiger partial charge in [0.25, 0.3) is 0 Å². The van der Waals surface area contributed by atoms with Gasteiger partial charge in [0, 0.05) is 23.4 Å². The molecule has 0 aliphatic heterocycles. The fraction of sp³-hybridized carbons (Fsp3) is 0.467. The largest absolute Gasteiger partial charge is 0.464 e. The van der Waals surface area contributed by atoms with Crippen LogP contribution in [0.3, 0.4) is 0 Å². The molecule has 0 spiro atoms. The maximum absolute atomic E-state index is 5.69. The van der Waals surface area contributed by atoms with Crippen molar-refractivity contribution in [3.05, 3.63) is 45.5 Å². The summed E-state index contributed by atoms with van der Waals surface area (Å²) < 4.78 is 11.3. The van der Waals surface area contributed by atoms with Crippen LogP contribution in [0.15, 0.2) is 28.0 Å². The van der Waals surface area contributed by atoms with Gasteiger partial charge in [0.1, 0.15) is 18.1 Å². The number of hydrogen-bond acceptors (Lipinski definition) is 4. The Morgan fingerprint density at radius 3 is 3.05 bits per heavy atom. The van der Waals surface area contributed by atoms with Crippen LogP contribution in [0.25, 0.3) is 0 Å². The van der Waals surface area contributed by atoms with Crippen LogP contribution in [0.4, 0.5) is 0 Å². The van der Waals surface area contributed by atoms with Gasteiger partial charge in [-0.1, -0.05) is 13.0 Å². The lowest BCUT2D eigenvalue weighted by atomic mass is 10.2. The normalized spacial score (nSPS) is 11.1. The van der Waals surface area contributed by atoms with Crippen molar-refractivity contribution < 1.29 is 9.15 Å². The molecule has 0 amide bonds. The minimum absolute atomic E-state index is 0.554. The molecule has 2 aromatic rings. The topological polar surface area (TPSA) is 34.4 Å². The highest BCUT2D eigenvalue weighted by molar-refractivity contribution is 7.09. The van der Waals surface area contributed by atoms with Gasteiger partial charge in [0.15, 0.2) is 0 Å². The van der Waals surface area contributed by atoms with Crippen LogP contribution < -0.4 is 5.32 Å². The minimum atomic E-state index is 0.554. The maximum Gasteiger partial charge on any atom is 0.130 e. The SMILES string of the molecule is CCNCc1cc(COCCc2cccs2)oc1C. The fourth-order valence-electron chi connectivity index (χ4n) is 1.89. The molecule has 0 aromatic carbocycles. The van der Waals surface area contributed by atoms with E-state index in [9.17, 15) is 0 Å². The van der Waals surface area contributed by atoms with Gasteiger partial charge in [-0.25, -0.2) is 0 Å². The van der Waals surface area contributed by atoms with Crippen LogP contribution in [0.5, 0.6) is 0 Å². The molecular weight excluding hydrogens is 258 g/mol. The van der Waals surface area contributed by atoms with Crippen molar-refractivity contribution in [1.29, 1.82) is 0 Å². The highest BCUT2D eigenvalue weighted by Gasteiger charge is 2.07. The molecule has 0 saturated carbocycles. The second-order valence-corrected chi connectivity index (χ2v) is 5.49. The average molecular weight is 279 g/mol. The summed E-state index contributed by atoms with van der Waals surface area (Å²) in [7, 11) is 0. The molecule has 0 saturated heterocycles. The van der Waals surface area contributed by atoms with E-state index in [1.807, 2.05) is 6.92 Å². The molecule has 19 heavy (non-hydrogen) atoms. The van der Waals surface area contributed by atoms with Gasteiger partial charge in [-0.05, 0) is 31.0 Å². The van der Waals surface area contributed by atoms with Crippen LogP contribution in [0.1, 0.15) is 28.9 Å². The van der Waals surface area contributed by atoms with Gasteiger partial charge < -0.3 is 14.5 Å². The minimum Gasteiger partial charge on any atom is -0.464 e. The van der Waals surface area contributed by atoms with E-state index in [4.69, 9.17) is 9.15 Å². The molecule has 2 heterocycles. The van der Waals surface area contributed by atoms with E-state index in [-0.39, 0.29) is 0 Å². The van der Waals surface area contributed by atoms with E-state index in [1.54, 1.807) is 11.3 Å². The first-order valence-corrected chi connectivity index (χ1v) is 7.56. The Labute approximate surface area is 118 Å². The molecule has 4 heteroatoms. The Bertz CT molecular complexity index is 476. The number of nitrogens with one attached hydrogen (secondary N) is 1. The molecule has 0 aliphatic carbocycles. The predicted octanol–water partition coefficient (Wildman–Crippen LogP) is 3.52. The van der Waals surface area contributed by atoms with Gasteiger partial charge >= 0.3 is 0 Å². The van der Waals surface area contributed by atoms with Crippen molar-refractivity contribution in [1.82, 2.24) is 5.32 Å². The summed E-state index contributed by atoms with van der Waals surface area (Å²) in [6.07, 6.45) is 0.974. The van der Waals surface area contributed by atoms with Crippen molar-refractivity contribution in [2.45, 2.75) is 33.4 Å². The highest BCUT2D eigenvalue weighted by Crippen LogP contribution is 2.16. The van der Waals surface area contributed by atoms with Crippen molar-refractivity contribution >= 4 is 11.3 Å². The first kappa shape index (κ1) is 14.3. The smallest absolute Gasteiger partial charge is 0.130 e. The Kier molecular flexibility index (Phi) is 5.63. The molecule has 0 unspecified atom stereocenters. The number of rotatable bonds is 8. The summed E-state index contributed by atoms with van der Waals surface area (Å²) in [5.74, 6) is 1.90. The zero-order valence-corrected chi connectivity index (χ0v) is 12.4. The number of thiophene rings is 1. The number of furan rings is 1. The Morgan fingerprint density at radius 1 is 1.42 bits per heavy atom.